The topological polar surface area (TPSA) is 0 Å². The van der Waals surface area contributed by atoms with Gasteiger partial charge in [0.25, 0.3) is 0 Å². The van der Waals surface area contributed by atoms with E-state index in [2.05, 4.69) is 34.1 Å². The summed E-state index contributed by atoms with van der Waals surface area (Å²) in [7, 11) is 0. The lowest BCUT2D eigenvalue weighted by molar-refractivity contribution is 0.459. The van der Waals surface area contributed by atoms with Crippen LogP contribution in [-0.2, 0) is 0 Å². The first kappa shape index (κ1) is 14.0. The molecule has 1 unspecified atom stereocenters. The van der Waals surface area contributed by atoms with Crippen LogP contribution in [0, 0.1) is 18.3 Å². The van der Waals surface area contributed by atoms with Crippen molar-refractivity contribution in [2.75, 3.05) is 0 Å². The van der Waals surface area contributed by atoms with Crippen molar-refractivity contribution >= 4 is 0 Å². The Labute approximate surface area is 91.5 Å². The Morgan fingerprint density at radius 1 is 1.00 bits per heavy atom. The van der Waals surface area contributed by atoms with Crippen LogP contribution in [0.2, 0.25) is 0 Å². The van der Waals surface area contributed by atoms with Crippen molar-refractivity contribution in [2.45, 2.75) is 72.6 Å². The zero-order valence-corrected chi connectivity index (χ0v) is 10.7. The maximum absolute atomic E-state index is 2.51. The van der Waals surface area contributed by atoms with Crippen LogP contribution in [0.15, 0.2) is 0 Å². The molecule has 0 aromatic carbocycles. The van der Waals surface area contributed by atoms with Gasteiger partial charge in [0.05, 0.1) is 0 Å². The van der Waals surface area contributed by atoms with E-state index in [-0.39, 0.29) is 0 Å². The van der Waals surface area contributed by atoms with Crippen molar-refractivity contribution in [1.29, 1.82) is 0 Å². The Hall–Kier alpha value is 0. The van der Waals surface area contributed by atoms with Gasteiger partial charge < -0.3 is 0 Å². The molecular weight excluding hydrogens is 168 g/mol. The van der Waals surface area contributed by atoms with Crippen molar-refractivity contribution < 1.29 is 0 Å². The van der Waals surface area contributed by atoms with E-state index < -0.39 is 0 Å². The molecule has 0 aliphatic heterocycles. The minimum absolute atomic E-state index is 0.927. The van der Waals surface area contributed by atoms with Crippen molar-refractivity contribution in [3.63, 3.8) is 0 Å². The van der Waals surface area contributed by atoms with Gasteiger partial charge in [-0.2, -0.15) is 0 Å². The molecule has 0 saturated heterocycles. The van der Waals surface area contributed by atoms with Crippen molar-refractivity contribution in [1.82, 2.24) is 0 Å². The van der Waals surface area contributed by atoms with Crippen LogP contribution in [0.25, 0.3) is 0 Å². The Morgan fingerprint density at radius 2 is 1.64 bits per heavy atom. The molecule has 0 aromatic rings. The number of hydrogen-bond donors (Lipinski definition) is 0. The van der Waals surface area contributed by atoms with Crippen molar-refractivity contribution in [3.05, 3.63) is 6.42 Å². The van der Waals surface area contributed by atoms with E-state index in [4.69, 9.17) is 0 Å². The predicted molar refractivity (Wildman–Crippen MR) is 66.3 cm³/mol. The van der Waals surface area contributed by atoms with Crippen molar-refractivity contribution in [2.24, 2.45) is 11.8 Å². The third-order valence-electron chi connectivity index (χ3n) is 3.46. The monoisotopic (exact) mass is 197 g/mol. The Bertz CT molecular complexity index is 103. The minimum atomic E-state index is 0.927. The average molecular weight is 197 g/mol. The first-order valence-electron chi connectivity index (χ1n) is 6.56. The summed E-state index contributed by atoms with van der Waals surface area (Å²) in [5.74, 6) is 1.87. The van der Waals surface area contributed by atoms with E-state index >= 15 is 0 Å². The fraction of sp³-hybridized carbons (Fsp3) is 0.929. The normalized spacial score (nSPS) is 13.5. The number of rotatable bonds is 9. The van der Waals surface area contributed by atoms with Gasteiger partial charge in [0.15, 0.2) is 0 Å². The van der Waals surface area contributed by atoms with E-state index in [9.17, 15) is 0 Å². The zero-order chi connectivity index (χ0) is 10.8. The summed E-state index contributed by atoms with van der Waals surface area (Å²) < 4.78 is 0. The highest BCUT2D eigenvalue weighted by Gasteiger charge is 2.03. The summed E-state index contributed by atoms with van der Waals surface area (Å²) in [6, 6.07) is 0. The van der Waals surface area contributed by atoms with Gasteiger partial charge in [-0.3, -0.25) is 0 Å². The molecule has 0 saturated carbocycles. The van der Waals surface area contributed by atoms with Crippen LogP contribution < -0.4 is 0 Å². The Balaban J connectivity index is 3.20. The standard InChI is InChI=1S/C14H29/c1-5-13(4)11-9-8-10-12-14(6-2)7-3/h10,13-14H,5-9,11-12H2,1-4H3. The minimum Gasteiger partial charge on any atom is -0.0651 e. The summed E-state index contributed by atoms with van der Waals surface area (Å²) in [5, 5.41) is 0. The molecule has 0 N–H and O–H groups in total. The lowest BCUT2D eigenvalue weighted by Crippen LogP contribution is -1.97. The van der Waals surface area contributed by atoms with Crippen LogP contribution in [0.5, 0.6) is 0 Å². The molecule has 1 radical (unpaired) electrons. The van der Waals surface area contributed by atoms with Gasteiger partial charge in [0, 0.05) is 0 Å². The van der Waals surface area contributed by atoms with Gasteiger partial charge in [0.1, 0.15) is 0 Å². The molecule has 0 spiro atoms. The van der Waals surface area contributed by atoms with Gasteiger partial charge in [0.2, 0.25) is 0 Å². The fourth-order valence-electron chi connectivity index (χ4n) is 1.79. The molecule has 0 aromatic heterocycles. The lowest BCUT2D eigenvalue weighted by atomic mass is 9.94. The van der Waals surface area contributed by atoms with E-state index in [1.165, 1.54) is 44.9 Å². The predicted octanol–water partition coefficient (Wildman–Crippen LogP) is 5.23. The Kier molecular flexibility index (Phi) is 9.55. The maximum Gasteiger partial charge on any atom is -0.0383 e. The van der Waals surface area contributed by atoms with Crippen LogP contribution in [0.1, 0.15) is 72.6 Å². The summed E-state index contributed by atoms with van der Waals surface area (Å²) in [6.07, 6.45) is 12.0. The molecule has 0 aliphatic carbocycles. The molecule has 0 rings (SSSR count). The quantitative estimate of drug-likeness (QED) is 0.444. The van der Waals surface area contributed by atoms with Crippen LogP contribution in [-0.4, -0.2) is 0 Å². The first-order valence-corrected chi connectivity index (χ1v) is 6.56. The molecule has 1 atom stereocenters. The highest BCUT2D eigenvalue weighted by Crippen LogP contribution is 2.18. The smallest absolute Gasteiger partial charge is 0.0383 e. The van der Waals surface area contributed by atoms with Gasteiger partial charge in [-0.1, -0.05) is 66.2 Å². The third-order valence-corrected chi connectivity index (χ3v) is 3.46. The van der Waals surface area contributed by atoms with Crippen LogP contribution >= 0.6 is 0 Å². The molecule has 0 heteroatoms. The molecule has 0 amide bonds. The first-order chi connectivity index (χ1) is 6.74. The number of hydrogen-bond acceptors (Lipinski definition) is 0. The lowest BCUT2D eigenvalue weighted by Gasteiger charge is -2.12. The molecule has 0 nitrogen and oxygen atoms in total. The van der Waals surface area contributed by atoms with Gasteiger partial charge >= 0.3 is 0 Å². The molecule has 14 heavy (non-hydrogen) atoms. The third kappa shape index (κ3) is 7.41. The second-order valence-electron chi connectivity index (χ2n) is 4.65. The van der Waals surface area contributed by atoms with Gasteiger partial charge in [-0.05, 0) is 24.7 Å². The van der Waals surface area contributed by atoms with E-state index in [0.717, 1.165) is 11.8 Å². The average Bonchev–Trinajstić information content (AvgIpc) is 2.23. The molecule has 0 fully saturated rings. The van der Waals surface area contributed by atoms with Crippen molar-refractivity contribution in [3.8, 4) is 0 Å². The Morgan fingerprint density at radius 3 is 2.14 bits per heavy atom. The highest BCUT2D eigenvalue weighted by atomic mass is 14.1. The van der Waals surface area contributed by atoms with E-state index in [1.807, 2.05) is 0 Å². The van der Waals surface area contributed by atoms with Crippen LogP contribution in [0.3, 0.4) is 0 Å². The van der Waals surface area contributed by atoms with E-state index in [0.29, 0.717) is 0 Å². The highest BCUT2D eigenvalue weighted by molar-refractivity contribution is 4.70. The second kappa shape index (κ2) is 9.55. The summed E-state index contributed by atoms with van der Waals surface area (Å²) in [4.78, 5) is 0. The molecule has 0 heterocycles. The van der Waals surface area contributed by atoms with Crippen LogP contribution in [0.4, 0.5) is 0 Å². The SMILES string of the molecule is CCC(C)CCC[CH]CC(CC)CC. The van der Waals surface area contributed by atoms with Gasteiger partial charge in [-0.25, -0.2) is 0 Å². The van der Waals surface area contributed by atoms with Gasteiger partial charge in [-0.15, -0.1) is 0 Å². The fourth-order valence-corrected chi connectivity index (χ4v) is 1.79. The molecular formula is C14H29. The summed E-state index contributed by atoms with van der Waals surface area (Å²) >= 11 is 0. The molecule has 85 valence electrons. The van der Waals surface area contributed by atoms with E-state index in [1.54, 1.807) is 0 Å². The largest absolute Gasteiger partial charge is 0.0651 e. The molecule has 0 aliphatic rings. The molecule has 0 bridgehead atoms. The summed E-state index contributed by atoms with van der Waals surface area (Å²) in [5.41, 5.74) is 0. The zero-order valence-electron chi connectivity index (χ0n) is 10.7. The maximum atomic E-state index is 2.51. The number of unbranched alkanes of at least 4 members (excludes halogenated alkanes) is 2. The second-order valence-corrected chi connectivity index (χ2v) is 4.65. The summed E-state index contributed by atoms with van der Waals surface area (Å²) in [6.45, 7) is 9.27.